The fraction of sp³-hybridized carbons (Fsp3) is 0.231. The fourth-order valence-electron chi connectivity index (χ4n) is 1.60. The molecule has 1 aromatic carbocycles. The molecule has 96 valence electrons. The van der Waals surface area contributed by atoms with Crippen molar-refractivity contribution in [1.82, 2.24) is 5.32 Å². The van der Waals surface area contributed by atoms with E-state index in [1.165, 1.54) is 10.9 Å². The molecule has 0 radical (unpaired) electrons. The van der Waals surface area contributed by atoms with Gasteiger partial charge in [0.2, 0.25) is 0 Å². The SMILES string of the molecule is CC(NCc1ccc(Cl)s1)c1ccc(F)c(Br)c1. The predicted octanol–water partition coefficient (Wildman–Crippen LogP) is 5.15. The summed E-state index contributed by atoms with van der Waals surface area (Å²) in [6.07, 6.45) is 0. The van der Waals surface area contributed by atoms with Gasteiger partial charge in [0, 0.05) is 17.5 Å². The molecule has 0 fully saturated rings. The minimum Gasteiger partial charge on any atom is -0.305 e. The van der Waals surface area contributed by atoms with Crippen LogP contribution in [0.25, 0.3) is 0 Å². The third-order valence-corrected chi connectivity index (χ3v) is 4.49. The lowest BCUT2D eigenvalue weighted by Crippen LogP contribution is -2.17. The van der Waals surface area contributed by atoms with E-state index in [1.54, 1.807) is 23.5 Å². The normalized spacial score (nSPS) is 12.7. The predicted molar refractivity (Wildman–Crippen MR) is 78.7 cm³/mol. The number of benzene rings is 1. The average molecular weight is 349 g/mol. The smallest absolute Gasteiger partial charge is 0.137 e. The third kappa shape index (κ3) is 3.54. The van der Waals surface area contributed by atoms with Crippen LogP contribution in [0.5, 0.6) is 0 Å². The van der Waals surface area contributed by atoms with Gasteiger partial charge in [-0.1, -0.05) is 17.7 Å². The zero-order valence-corrected chi connectivity index (χ0v) is 12.9. The van der Waals surface area contributed by atoms with E-state index in [4.69, 9.17) is 11.6 Å². The maximum atomic E-state index is 13.1. The largest absolute Gasteiger partial charge is 0.305 e. The number of hydrogen-bond acceptors (Lipinski definition) is 2. The van der Waals surface area contributed by atoms with Crippen LogP contribution in [-0.4, -0.2) is 0 Å². The van der Waals surface area contributed by atoms with Gasteiger partial charge in [0.05, 0.1) is 8.81 Å². The van der Waals surface area contributed by atoms with Gasteiger partial charge in [-0.15, -0.1) is 11.3 Å². The van der Waals surface area contributed by atoms with Crippen molar-refractivity contribution < 1.29 is 4.39 Å². The molecule has 1 nitrogen and oxygen atoms in total. The van der Waals surface area contributed by atoms with E-state index >= 15 is 0 Å². The van der Waals surface area contributed by atoms with Gasteiger partial charge in [-0.2, -0.15) is 0 Å². The zero-order valence-electron chi connectivity index (χ0n) is 9.71. The number of nitrogens with one attached hydrogen (secondary N) is 1. The molecular formula is C13H12BrClFNS. The van der Waals surface area contributed by atoms with E-state index in [9.17, 15) is 4.39 Å². The van der Waals surface area contributed by atoms with Gasteiger partial charge in [-0.05, 0) is 52.7 Å². The molecule has 1 atom stereocenters. The summed E-state index contributed by atoms with van der Waals surface area (Å²) in [6, 6.07) is 9.12. The maximum Gasteiger partial charge on any atom is 0.137 e. The first-order chi connectivity index (χ1) is 8.56. The van der Waals surface area contributed by atoms with Crippen LogP contribution >= 0.6 is 38.9 Å². The van der Waals surface area contributed by atoms with Crippen LogP contribution in [0.15, 0.2) is 34.8 Å². The second-order valence-electron chi connectivity index (χ2n) is 3.98. The van der Waals surface area contributed by atoms with Crippen molar-refractivity contribution in [3.05, 3.63) is 55.4 Å². The first kappa shape index (κ1) is 14.0. The van der Waals surface area contributed by atoms with E-state index in [0.29, 0.717) is 4.47 Å². The lowest BCUT2D eigenvalue weighted by molar-refractivity contribution is 0.573. The summed E-state index contributed by atoms with van der Waals surface area (Å²) in [5.41, 5.74) is 1.05. The van der Waals surface area contributed by atoms with Crippen LogP contribution in [0.1, 0.15) is 23.4 Å². The van der Waals surface area contributed by atoms with E-state index in [1.807, 2.05) is 12.1 Å². The van der Waals surface area contributed by atoms with Gasteiger partial charge in [-0.25, -0.2) is 4.39 Å². The van der Waals surface area contributed by atoms with Crippen LogP contribution in [0, 0.1) is 5.82 Å². The summed E-state index contributed by atoms with van der Waals surface area (Å²) in [6.45, 7) is 2.81. The van der Waals surface area contributed by atoms with Crippen molar-refractivity contribution in [2.24, 2.45) is 0 Å². The Kier molecular flexibility index (Phi) is 4.78. The molecule has 0 aliphatic rings. The molecule has 0 aliphatic carbocycles. The summed E-state index contributed by atoms with van der Waals surface area (Å²) in [7, 11) is 0. The van der Waals surface area contributed by atoms with E-state index < -0.39 is 0 Å². The van der Waals surface area contributed by atoms with Crippen molar-refractivity contribution in [2.75, 3.05) is 0 Å². The Bertz CT molecular complexity index is 544. The molecule has 5 heteroatoms. The van der Waals surface area contributed by atoms with E-state index in [-0.39, 0.29) is 11.9 Å². The molecule has 0 amide bonds. The quantitative estimate of drug-likeness (QED) is 0.805. The molecule has 18 heavy (non-hydrogen) atoms. The van der Waals surface area contributed by atoms with Gasteiger partial charge in [0.15, 0.2) is 0 Å². The highest BCUT2D eigenvalue weighted by Gasteiger charge is 2.08. The summed E-state index contributed by atoms with van der Waals surface area (Å²) < 4.78 is 14.4. The Hall–Kier alpha value is -0.420. The van der Waals surface area contributed by atoms with Crippen molar-refractivity contribution in [1.29, 1.82) is 0 Å². The van der Waals surface area contributed by atoms with Gasteiger partial charge >= 0.3 is 0 Å². The highest BCUT2D eigenvalue weighted by Crippen LogP contribution is 2.24. The average Bonchev–Trinajstić information content (AvgIpc) is 2.75. The van der Waals surface area contributed by atoms with Crippen LogP contribution < -0.4 is 5.32 Å². The Morgan fingerprint density at radius 3 is 2.78 bits per heavy atom. The van der Waals surface area contributed by atoms with Crippen LogP contribution in [0.4, 0.5) is 4.39 Å². The Morgan fingerprint density at radius 1 is 1.39 bits per heavy atom. The highest BCUT2D eigenvalue weighted by atomic mass is 79.9. The number of halogens is 3. The van der Waals surface area contributed by atoms with Crippen LogP contribution in [0.2, 0.25) is 4.34 Å². The molecule has 1 unspecified atom stereocenters. The molecule has 1 N–H and O–H groups in total. The Morgan fingerprint density at radius 2 is 2.17 bits per heavy atom. The Balaban J connectivity index is 1.99. The van der Waals surface area contributed by atoms with Gasteiger partial charge in [0.25, 0.3) is 0 Å². The Labute approximate surface area is 123 Å². The van der Waals surface area contributed by atoms with Crippen molar-refractivity contribution in [3.63, 3.8) is 0 Å². The molecular weight excluding hydrogens is 337 g/mol. The van der Waals surface area contributed by atoms with Crippen LogP contribution in [0.3, 0.4) is 0 Å². The number of hydrogen-bond donors (Lipinski definition) is 1. The summed E-state index contributed by atoms with van der Waals surface area (Å²) >= 11 is 10.6. The highest BCUT2D eigenvalue weighted by molar-refractivity contribution is 9.10. The van der Waals surface area contributed by atoms with Gasteiger partial charge in [-0.3, -0.25) is 0 Å². The van der Waals surface area contributed by atoms with E-state index in [2.05, 4.69) is 28.2 Å². The van der Waals surface area contributed by atoms with Gasteiger partial charge in [0.1, 0.15) is 5.82 Å². The molecule has 2 rings (SSSR count). The minimum atomic E-state index is -0.240. The lowest BCUT2D eigenvalue weighted by Gasteiger charge is -2.14. The number of rotatable bonds is 4. The van der Waals surface area contributed by atoms with Crippen molar-refractivity contribution in [3.8, 4) is 0 Å². The van der Waals surface area contributed by atoms with Gasteiger partial charge < -0.3 is 5.32 Å². The summed E-state index contributed by atoms with van der Waals surface area (Å²) in [5, 5.41) is 3.38. The van der Waals surface area contributed by atoms with E-state index in [0.717, 1.165) is 16.4 Å². The summed E-state index contributed by atoms with van der Waals surface area (Å²) in [5.74, 6) is -0.240. The molecule has 0 bridgehead atoms. The second-order valence-corrected chi connectivity index (χ2v) is 6.64. The molecule has 1 heterocycles. The molecule has 1 aromatic heterocycles. The standard InChI is InChI=1S/C13H12BrClFNS/c1-8(9-2-4-12(16)11(14)6-9)17-7-10-3-5-13(15)18-10/h2-6,8,17H,7H2,1H3. The monoisotopic (exact) mass is 347 g/mol. The first-order valence-electron chi connectivity index (χ1n) is 5.49. The lowest BCUT2D eigenvalue weighted by atomic mass is 10.1. The third-order valence-electron chi connectivity index (χ3n) is 2.65. The molecule has 2 aromatic rings. The zero-order chi connectivity index (χ0) is 13.1. The molecule has 0 saturated carbocycles. The van der Waals surface area contributed by atoms with Crippen LogP contribution in [-0.2, 0) is 6.54 Å². The molecule has 0 aliphatic heterocycles. The minimum absolute atomic E-state index is 0.155. The molecule has 0 spiro atoms. The number of thiophene rings is 1. The fourth-order valence-corrected chi connectivity index (χ4v) is 3.03. The second kappa shape index (κ2) is 6.15. The maximum absolute atomic E-state index is 13.1. The molecule has 0 saturated heterocycles. The first-order valence-corrected chi connectivity index (χ1v) is 7.47. The summed E-state index contributed by atoms with van der Waals surface area (Å²) in [4.78, 5) is 1.19. The van der Waals surface area contributed by atoms with Crippen molar-refractivity contribution in [2.45, 2.75) is 19.5 Å². The van der Waals surface area contributed by atoms with Crippen molar-refractivity contribution >= 4 is 38.9 Å². The topological polar surface area (TPSA) is 12.0 Å².